The van der Waals surface area contributed by atoms with E-state index in [-0.39, 0.29) is 4.90 Å². The van der Waals surface area contributed by atoms with E-state index in [9.17, 15) is 8.42 Å². The molecule has 6 heteroatoms. The number of hydrogen-bond acceptors (Lipinski definition) is 4. The maximum Gasteiger partial charge on any atom is 0.268 e. The third-order valence-electron chi connectivity index (χ3n) is 4.32. The molecule has 0 aliphatic carbocycles. The van der Waals surface area contributed by atoms with Gasteiger partial charge in [-0.1, -0.05) is 42.5 Å². The minimum absolute atomic E-state index is 0.266. The smallest absolute Gasteiger partial charge is 0.268 e. The molecule has 0 amide bonds. The van der Waals surface area contributed by atoms with Crippen molar-refractivity contribution in [3.05, 3.63) is 90.8 Å². The standard InChI is InChI=1S/C21H18N2O3S/c24-27(25,18-8-2-1-3-9-18)23-16-17(19-10-4-5-11-20(19)23)13-15-26-21-12-6-7-14-22-21/h1-12,14,16H,13,15H2. The van der Waals surface area contributed by atoms with Crippen LogP contribution < -0.4 is 4.74 Å². The molecule has 0 atom stereocenters. The third kappa shape index (κ3) is 3.44. The number of fused-ring (bicyclic) bond motifs is 1. The maximum atomic E-state index is 13.1. The summed E-state index contributed by atoms with van der Waals surface area (Å²) in [5, 5.41) is 0.904. The molecule has 5 nitrogen and oxygen atoms in total. The molecule has 0 spiro atoms. The number of pyridine rings is 1. The summed E-state index contributed by atoms with van der Waals surface area (Å²) in [6, 6.07) is 21.4. The van der Waals surface area contributed by atoms with Crippen molar-refractivity contribution < 1.29 is 13.2 Å². The minimum atomic E-state index is -3.66. The van der Waals surface area contributed by atoms with Gasteiger partial charge in [0.1, 0.15) is 0 Å². The van der Waals surface area contributed by atoms with Gasteiger partial charge in [0.15, 0.2) is 0 Å². The zero-order valence-electron chi connectivity index (χ0n) is 14.5. The van der Waals surface area contributed by atoms with E-state index in [0.717, 1.165) is 10.9 Å². The number of nitrogens with zero attached hydrogens (tertiary/aromatic N) is 2. The number of ether oxygens (including phenoxy) is 1. The fourth-order valence-corrected chi connectivity index (χ4v) is 4.43. The highest BCUT2D eigenvalue weighted by molar-refractivity contribution is 7.90. The lowest BCUT2D eigenvalue weighted by Crippen LogP contribution is -2.11. The van der Waals surface area contributed by atoms with Crippen molar-refractivity contribution >= 4 is 20.9 Å². The summed E-state index contributed by atoms with van der Waals surface area (Å²) >= 11 is 0. The molecule has 136 valence electrons. The van der Waals surface area contributed by atoms with Gasteiger partial charge in [-0.05, 0) is 29.8 Å². The van der Waals surface area contributed by atoms with Gasteiger partial charge in [-0.25, -0.2) is 17.4 Å². The predicted octanol–water partition coefficient (Wildman–Crippen LogP) is 3.89. The zero-order chi connectivity index (χ0) is 18.7. The molecule has 0 fully saturated rings. The highest BCUT2D eigenvalue weighted by Crippen LogP contribution is 2.26. The van der Waals surface area contributed by atoms with E-state index in [1.165, 1.54) is 3.97 Å². The van der Waals surface area contributed by atoms with Gasteiger partial charge in [0.05, 0.1) is 17.0 Å². The summed E-state index contributed by atoms with van der Waals surface area (Å²) in [4.78, 5) is 4.40. The highest BCUT2D eigenvalue weighted by atomic mass is 32.2. The molecule has 4 aromatic rings. The van der Waals surface area contributed by atoms with Gasteiger partial charge in [0, 0.05) is 30.3 Å². The molecule has 0 saturated heterocycles. The van der Waals surface area contributed by atoms with Gasteiger partial charge >= 0.3 is 0 Å². The van der Waals surface area contributed by atoms with Crippen LogP contribution in [0.1, 0.15) is 5.56 Å². The van der Waals surface area contributed by atoms with Gasteiger partial charge in [0.25, 0.3) is 10.0 Å². The lowest BCUT2D eigenvalue weighted by Gasteiger charge is -2.07. The van der Waals surface area contributed by atoms with Crippen molar-refractivity contribution in [2.75, 3.05) is 6.61 Å². The highest BCUT2D eigenvalue weighted by Gasteiger charge is 2.20. The van der Waals surface area contributed by atoms with Crippen LogP contribution in [0.3, 0.4) is 0 Å². The fourth-order valence-electron chi connectivity index (χ4n) is 3.02. The van der Waals surface area contributed by atoms with Crippen LogP contribution in [0.15, 0.2) is 90.1 Å². The monoisotopic (exact) mass is 378 g/mol. The molecule has 2 heterocycles. The summed E-state index contributed by atoms with van der Waals surface area (Å²) in [7, 11) is -3.66. The average molecular weight is 378 g/mol. The maximum absolute atomic E-state index is 13.1. The fraction of sp³-hybridized carbons (Fsp3) is 0.0952. The van der Waals surface area contributed by atoms with E-state index in [2.05, 4.69) is 4.98 Å². The van der Waals surface area contributed by atoms with Gasteiger partial charge in [0.2, 0.25) is 5.88 Å². The van der Waals surface area contributed by atoms with Crippen molar-refractivity contribution in [3.8, 4) is 5.88 Å². The molecule has 0 bridgehead atoms. The van der Waals surface area contributed by atoms with Crippen LogP contribution in [0, 0.1) is 0 Å². The Morgan fingerprint density at radius 3 is 2.41 bits per heavy atom. The van der Waals surface area contributed by atoms with E-state index in [1.54, 1.807) is 48.8 Å². The molecule has 0 unspecified atom stereocenters. The zero-order valence-corrected chi connectivity index (χ0v) is 15.3. The van der Waals surface area contributed by atoms with E-state index >= 15 is 0 Å². The largest absolute Gasteiger partial charge is 0.477 e. The average Bonchev–Trinajstić information content (AvgIpc) is 3.09. The summed E-state index contributed by atoms with van der Waals surface area (Å²) in [6.07, 6.45) is 3.94. The number of benzene rings is 2. The predicted molar refractivity (Wildman–Crippen MR) is 104 cm³/mol. The molecular formula is C21H18N2O3S. The Bertz CT molecular complexity index is 1150. The van der Waals surface area contributed by atoms with E-state index in [0.29, 0.717) is 24.4 Å². The second kappa shape index (κ2) is 7.25. The molecular weight excluding hydrogens is 360 g/mol. The second-order valence-electron chi connectivity index (χ2n) is 6.05. The Morgan fingerprint density at radius 1 is 0.889 bits per heavy atom. The van der Waals surface area contributed by atoms with Crippen LogP contribution in [0.25, 0.3) is 10.9 Å². The van der Waals surface area contributed by atoms with Crippen LogP contribution in [0.5, 0.6) is 5.88 Å². The third-order valence-corrected chi connectivity index (χ3v) is 6.01. The lowest BCUT2D eigenvalue weighted by molar-refractivity contribution is 0.310. The molecule has 0 radical (unpaired) electrons. The summed E-state index contributed by atoms with van der Waals surface area (Å²) in [5.74, 6) is 0.554. The number of rotatable bonds is 6. The first-order valence-corrected chi connectivity index (χ1v) is 10.0. The van der Waals surface area contributed by atoms with Crippen LogP contribution >= 0.6 is 0 Å². The Labute approximate surface area is 157 Å². The minimum Gasteiger partial charge on any atom is -0.477 e. The molecule has 0 N–H and O–H groups in total. The molecule has 0 saturated carbocycles. The second-order valence-corrected chi connectivity index (χ2v) is 7.87. The van der Waals surface area contributed by atoms with Crippen molar-refractivity contribution in [1.82, 2.24) is 8.96 Å². The quantitative estimate of drug-likeness (QED) is 0.511. The molecule has 2 aromatic heterocycles. The first kappa shape index (κ1) is 17.3. The Morgan fingerprint density at radius 2 is 1.63 bits per heavy atom. The molecule has 0 aliphatic rings. The van der Waals surface area contributed by atoms with Crippen LogP contribution in [0.2, 0.25) is 0 Å². The molecule has 0 aliphatic heterocycles. The van der Waals surface area contributed by atoms with Crippen LogP contribution in [-0.2, 0) is 16.4 Å². The van der Waals surface area contributed by atoms with Crippen molar-refractivity contribution in [2.45, 2.75) is 11.3 Å². The van der Waals surface area contributed by atoms with E-state index < -0.39 is 10.0 Å². The Hall–Kier alpha value is -3.12. The summed E-state index contributed by atoms with van der Waals surface area (Å²) < 4.78 is 33.2. The van der Waals surface area contributed by atoms with Gasteiger partial charge in [-0.2, -0.15) is 0 Å². The van der Waals surface area contributed by atoms with Gasteiger partial charge < -0.3 is 4.74 Å². The van der Waals surface area contributed by atoms with Crippen molar-refractivity contribution in [1.29, 1.82) is 0 Å². The SMILES string of the molecule is O=S(=O)(c1ccccc1)n1cc(CCOc2ccccn2)c2ccccc21. The van der Waals surface area contributed by atoms with Crippen LogP contribution in [-0.4, -0.2) is 24.0 Å². The number of hydrogen-bond donors (Lipinski definition) is 0. The van der Waals surface area contributed by atoms with Crippen molar-refractivity contribution in [3.63, 3.8) is 0 Å². The van der Waals surface area contributed by atoms with E-state index in [4.69, 9.17) is 4.74 Å². The topological polar surface area (TPSA) is 61.2 Å². The first-order valence-electron chi connectivity index (χ1n) is 8.60. The lowest BCUT2D eigenvalue weighted by atomic mass is 10.1. The van der Waals surface area contributed by atoms with Crippen molar-refractivity contribution in [2.24, 2.45) is 0 Å². The molecule has 27 heavy (non-hydrogen) atoms. The summed E-state index contributed by atoms with van der Waals surface area (Å²) in [5.41, 5.74) is 1.58. The normalized spacial score (nSPS) is 11.6. The molecule has 2 aromatic carbocycles. The first-order chi connectivity index (χ1) is 13.2. The number of aromatic nitrogens is 2. The van der Waals surface area contributed by atoms with Gasteiger partial charge in [-0.15, -0.1) is 0 Å². The molecule has 4 rings (SSSR count). The Kier molecular flexibility index (Phi) is 4.64. The van der Waals surface area contributed by atoms with Crippen LogP contribution in [0.4, 0.5) is 0 Å². The number of para-hydroxylation sites is 1. The Balaban J connectivity index is 1.67. The summed E-state index contributed by atoms with van der Waals surface area (Å²) in [6.45, 7) is 0.413. The van der Waals surface area contributed by atoms with E-state index in [1.807, 2.05) is 36.4 Å². The van der Waals surface area contributed by atoms with Gasteiger partial charge in [-0.3, -0.25) is 0 Å².